The van der Waals surface area contributed by atoms with Crippen LogP contribution in [0.2, 0.25) is 0 Å². The van der Waals surface area contributed by atoms with Crippen molar-refractivity contribution in [3.63, 3.8) is 0 Å². The summed E-state index contributed by atoms with van der Waals surface area (Å²) in [6.45, 7) is 5.27. The third-order valence-corrected chi connectivity index (χ3v) is 4.52. The first kappa shape index (κ1) is 16.5. The SMILES string of the molecule is Cc1cnc(C)c(-c2ccc(O)c(CN(C)Cc3nccs3)c2)n1. The van der Waals surface area contributed by atoms with Crippen LogP contribution in [0, 0.1) is 13.8 Å². The summed E-state index contributed by atoms with van der Waals surface area (Å²) in [7, 11) is 2.02. The van der Waals surface area contributed by atoms with Gasteiger partial charge in [0.2, 0.25) is 0 Å². The van der Waals surface area contributed by atoms with E-state index in [-0.39, 0.29) is 0 Å². The summed E-state index contributed by atoms with van der Waals surface area (Å²) in [6.07, 6.45) is 3.58. The normalized spacial score (nSPS) is 11.2. The minimum absolute atomic E-state index is 0.294. The molecule has 0 saturated heterocycles. The molecule has 0 saturated carbocycles. The molecule has 24 heavy (non-hydrogen) atoms. The van der Waals surface area contributed by atoms with Crippen LogP contribution in [0.1, 0.15) is 22.0 Å². The first-order chi connectivity index (χ1) is 11.5. The van der Waals surface area contributed by atoms with Gasteiger partial charge in [0.25, 0.3) is 0 Å². The van der Waals surface area contributed by atoms with Gasteiger partial charge in [-0.1, -0.05) is 0 Å². The number of phenolic OH excluding ortho intramolecular Hbond substituents is 1. The van der Waals surface area contributed by atoms with E-state index in [0.29, 0.717) is 12.3 Å². The molecule has 0 fully saturated rings. The first-order valence-corrected chi connectivity index (χ1v) is 8.60. The molecule has 0 spiro atoms. The van der Waals surface area contributed by atoms with Crippen LogP contribution >= 0.6 is 11.3 Å². The highest BCUT2D eigenvalue weighted by molar-refractivity contribution is 7.09. The number of hydrogen-bond donors (Lipinski definition) is 1. The van der Waals surface area contributed by atoms with Crippen molar-refractivity contribution < 1.29 is 5.11 Å². The Bertz CT molecular complexity index is 833. The molecule has 1 aromatic carbocycles. The van der Waals surface area contributed by atoms with Crippen molar-refractivity contribution in [2.75, 3.05) is 7.05 Å². The van der Waals surface area contributed by atoms with Crippen LogP contribution in [0.25, 0.3) is 11.3 Å². The number of aromatic hydroxyl groups is 1. The number of thiazole rings is 1. The van der Waals surface area contributed by atoms with Crippen molar-refractivity contribution in [3.05, 3.63) is 57.9 Å². The minimum Gasteiger partial charge on any atom is -0.508 e. The number of nitrogens with zero attached hydrogens (tertiary/aromatic N) is 4. The maximum absolute atomic E-state index is 10.2. The highest BCUT2D eigenvalue weighted by Crippen LogP contribution is 2.27. The molecular weight excluding hydrogens is 320 g/mol. The highest BCUT2D eigenvalue weighted by Gasteiger charge is 2.11. The van der Waals surface area contributed by atoms with E-state index in [9.17, 15) is 5.11 Å². The van der Waals surface area contributed by atoms with Gasteiger partial charge in [0, 0.05) is 35.4 Å². The Morgan fingerprint density at radius 2 is 2.00 bits per heavy atom. The topological polar surface area (TPSA) is 62.1 Å². The molecule has 0 atom stereocenters. The van der Waals surface area contributed by atoms with Gasteiger partial charge in [0.15, 0.2) is 0 Å². The number of rotatable bonds is 5. The molecule has 3 rings (SSSR count). The Labute approximate surface area is 145 Å². The third-order valence-electron chi connectivity index (χ3n) is 3.76. The van der Waals surface area contributed by atoms with E-state index in [4.69, 9.17) is 0 Å². The molecule has 6 heteroatoms. The van der Waals surface area contributed by atoms with Crippen molar-refractivity contribution in [2.45, 2.75) is 26.9 Å². The van der Waals surface area contributed by atoms with Crippen LogP contribution in [-0.4, -0.2) is 32.0 Å². The molecule has 124 valence electrons. The maximum atomic E-state index is 10.2. The summed E-state index contributed by atoms with van der Waals surface area (Å²) < 4.78 is 0. The summed E-state index contributed by atoms with van der Waals surface area (Å²) in [5, 5.41) is 13.2. The summed E-state index contributed by atoms with van der Waals surface area (Å²) >= 11 is 1.64. The van der Waals surface area contributed by atoms with Gasteiger partial charge >= 0.3 is 0 Å². The van der Waals surface area contributed by atoms with Crippen LogP contribution in [0.3, 0.4) is 0 Å². The van der Waals surface area contributed by atoms with Crippen LogP contribution in [-0.2, 0) is 13.1 Å². The zero-order valence-corrected chi connectivity index (χ0v) is 14.8. The molecular formula is C18H20N4OS. The second-order valence-electron chi connectivity index (χ2n) is 5.89. The van der Waals surface area contributed by atoms with Crippen molar-refractivity contribution in [1.29, 1.82) is 0 Å². The highest BCUT2D eigenvalue weighted by atomic mass is 32.1. The number of phenols is 1. The Balaban J connectivity index is 1.85. The van der Waals surface area contributed by atoms with E-state index in [1.165, 1.54) is 0 Å². The average Bonchev–Trinajstić information content (AvgIpc) is 3.05. The standard InChI is InChI=1S/C18H20N4OS/c1-12-9-20-13(2)18(21-12)14-4-5-16(23)15(8-14)10-22(3)11-17-19-6-7-24-17/h4-9,23H,10-11H2,1-3H3. The predicted octanol–water partition coefficient (Wildman–Crippen LogP) is 3.55. The lowest BCUT2D eigenvalue weighted by Crippen LogP contribution is -2.17. The number of benzene rings is 1. The molecule has 3 aromatic rings. The molecule has 0 amide bonds. The minimum atomic E-state index is 0.294. The van der Waals surface area contributed by atoms with E-state index < -0.39 is 0 Å². The molecule has 0 aliphatic carbocycles. The molecule has 0 aliphatic heterocycles. The van der Waals surface area contributed by atoms with Crippen LogP contribution in [0.5, 0.6) is 5.75 Å². The quantitative estimate of drug-likeness (QED) is 0.769. The lowest BCUT2D eigenvalue weighted by Gasteiger charge is -2.17. The zero-order chi connectivity index (χ0) is 17.1. The molecule has 2 heterocycles. The predicted molar refractivity (Wildman–Crippen MR) is 95.9 cm³/mol. The third kappa shape index (κ3) is 3.77. The molecule has 0 unspecified atom stereocenters. The Morgan fingerprint density at radius 1 is 1.17 bits per heavy atom. The lowest BCUT2D eigenvalue weighted by atomic mass is 10.0. The summed E-state index contributed by atoms with van der Waals surface area (Å²) in [4.78, 5) is 15.4. The molecule has 0 aliphatic rings. The number of aryl methyl sites for hydroxylation is 2. The summed E-state index contributed by atoms with van der Waals surface area (Å²) in [5.41, 5.74) is 4.46. The Kier molecular flexibility index (Phi) is 4.87. The van der Waals surface area contributed by atoms with Crippen LogP contribution in [0.15, 0.2) is 36.0 Å². The molecule has 0 radical (unpaired) electrons. The van der Waals surface area contributed by atoms with Crippen LogP contribution in [0.4, 0.5) is 0 Å². The fourth-order valence-corrected chi connectivity index (χ4v) is 3.27. The van der Waals surface area contributed by atoms with Gasteiger partial charge in [-0.05, 0) is 39.1 Å². The van der Waals surface area contributed by atoms with E-state index >= 15 is 0 Å². The lowest BCUT2D eigenvalue weighted by molar-refractivity contribution is 0.312. The van der Waals surface area contributed by atoms with E-state index in [1.54, 1.807) is 23.6 Å². The first-order valence-electron chi connectivity index (χ1n) is 7.72. The van der Waals surface area contributed by atoms with Crippen molar-refractivity contribution in [1.82, 2.24) is 19.9 Å². The Hall–Kier alpha value is -2.31. The Morgan fingerprint density at radius 3 is 2.75 bits per heavy atom. The molecule has 1 N–H and O–H groups in total. The van der Waals surface area contributed by atoms with Gasteiger partial charge in [0.1, 0.15) is 10.8 Å². The van der Waals surface area contributed by atoms with E-state index in [2.05, 4.69) is 19.9 Å². The van der Waals surface area contributed by atoms with Crippen LogP contribution < -0.4 is 0 Å². The second kappa shape index (κ2) is 7.07. The maximum Gasteiger partial charge on any atom is 0.120 e. The fourth-order valence-electron chi connectivity index (χ4n) is 2.58. The second-order valence-corrected chi connectivity index (χ2v) is 6.87. The van der Waals surface area contributed by atoms with E-state index in [0.717, 1.165) is 39.8 Å². The smallest absolute Gasteiger partial charge is 0.120 e. The van der Waals surface area contributed by atoms with E-state index in [1.807, 2.05) is 44.6 Å². The fraction of sp³-hybridized carbons (Fsp3) is 0.278. The van der Waals surface area contributed by atoms with Crippen molar-refractivity contribution in [3.8, 4) is 17.0 Å². The summed E-state index contributed by atoms with van der Waals surface area (Å²) in [5.74, 6) is 0.294. The molecule has 2 aromatic heterocycles. The van der Waals surface area contributed by atoms with Gasteiger partial charge in [-0.25, -0.2) is 9.97 Å². The zero-order valence-electron chi connectivity index (χ0n) is 14.0. The van der Waals surface area contributed by atoms with Gasteiger partial charge in [-0.3, -0.25) is 9.88 Å². The molecule has 0 bridgehead atoms. The number of hydrogen-bond acceptors (Lipinski definition) is 6. The largest absolute Gasteiger partial charge is 0.508 e. The van der Waals surface area contributed by atoms with Gasteiger partial charge in [0.05, 0.1) is 23.6 Å². The summed E-state index contributed by atoms with van der Waals surface area (Å²) in [6, 6.07) is 5.60. The molecule has 5 nitrogen and oxygen atoms in total. The average molecular weight is 340 g/mol. The monoisotopic (exact) mass is 340 g/mol. The van der Waals surface area contributed by atoms with Gasteiger partial charge in [-0.15, -0.1) is 11.3 Å². The van der Waals surface area contributed by atoms with Gasteiger partial charge in [-0.2, -0.15) is 0 Å². The van der Waals surface area contributed by atoms with Crippen molar-refractivity contribution >= 4 is 11.3 Å². The van der Waals surface area contributed by atoms with Gasteiger partial charge < -0.3 is 5.11 Å². The number of aromatic nitrogens is 3. The van der Waals surface area contributed by atoms with Crippen molar-refractivity contribution in [2.24, 2.45) is 0 Å².